The summed E-state index contributed by atoms with van der Waals surface area (Å²) in [6.45, 7) is 8.21. The van der Waals surface area contributed by atoms with Crippen LogP contribution in [-0.4, -0.2) is 31.1 Å². The molecule has 1 aromatic rings. The fraction of sp³-hybridized carbons (Fsp3) is 0.778. The van der Waals surface area contributed by atoms with Gasteiger partial charge in [-0.05, 0) is 50.6 Å². The van der Waals surface area contributed by atoms with Crippen LogP contribution >= 0.6 is 11.3 Å². The second-order valence-electron chi connectivity index (χ2n) is 7.02. The molecule has 2 nitrogen and oxygen atoms in total. The average Bonchev–Trinajstić information content (AvgIpc) is 2.85. The quantitative estimate of drug-likeness (QED) is 0.745. The van der Waals surface area contributed by atoms with Crippen molar-refractivity contribution >= 4 is 11.3 Å². The Labute approximate surface area is 134 Å². The van der Waals surface area contributed by atoms with E-state index < -0.39 is 0 Å². The van der Waals surface area contributed by atoms with Gasteiger partial charge in [0.25, 0.3) is 0 Å². The summed E-state index contributed by atoms with van der Waals surface area (Å²) in [5.41, 5.74) is 0.479. The molecule has 1 fully saturated rings. The number of nitrogens with one attached hydrogen (secondary N) is 1. The predicted molar refractivity (Wildman–Crippen MR) is 93.9 cm³/mol. The topological polar surface area (TPSA) is 15.3 Å². The molecule has 0 aliphatic heterocycles. The second-order valence-corrected chi connectivity index (χ2v) is 8.05. The third-order valence-corrected chi connectivity index (χ3v) is 5.78. The van der Waals surface area contributed by atoms with E-state index in [2.05, 4.69) is 48.6 Å². The van der Waals surface area contributed by atoms with E-state index in [0.717, 1.165) is 6.54 Å². The van der Waals surface area contributed by atoms with Crippen molar-refractivity contribution < 1.29 is 0 Å². The lowest BCUT2D eigenvalue weighted by molar-refractivity contribution is 0.0998. The van der Waals surface area contributed by atoms with Gasteiger partial charge < -0.3 is 5.32 Å². The zero-order chi connectivity index (χ0) is 15.1. The molecule has 0 atom stereocenters. The Morgan fingerprint density at radius 1 is 1.24 bits per heavy atom. The summed E-state index contributed by atoms with van der Waals surface area (Å²) < 4.78 is 0. The van der Waals surface area contributed by atoms with Gasteiger partial charge >= 0.3 is 0 Å². The molecular weight excluding hydrogens is 276 g/mol. The van der Waals surface area contributed by atoms with Gasteiger partial charge in [0.05, 0.1) is 0 Å². The van der Waals surface area contributed by atoms with Crippen LogP contribution in [0.15, 0.2) is 17.5 Å². The summed E-state index contributed by atoms with van der Waals surface area (Å²) in [6.07, 6.45) is 8.46. The zero-order valence-corrected chi connectivity index (χ0v) is 14.8. The third kappa shape index (κ3) is 5.08. The number of rotatable bonds is 7. The number of nitrogens with zero attached hydrogens (tertiary/aromatic N) is 1. The summed E-state index contributed by atoms with van der Waals surface area (Å²) >= 11 is 1.89. The molecule has 21 heavy (non-hydrogen) atoms. The lowest BCUT2D eigenvalue weighted by Gasteiger charge is -2.40. The maximum atomic E-state index is 3.49. The highest BCUT2D eigenvalue weighted by Gasteiger charge is 2.33. The number of hydrogen-bond acceptors (Lipinski definition) is 3. The van der Waals surface area contributed by atoms with Crippen LogP contribution in [0.25, 0.3) is 0 Å². The third-order valence-electron chi connectivity index (χ3n) is 4.92. The van der Waals surface area contributed by atoms with E-state index in [9.17, 15) is 0 Å². The van der Waals surface area contributed by atoms with Gasteiger partial charge in [0, 0.05) is 30.6 Å². The summed E-state index contributed by atoms with van der Waals surface area (Å²) in [4.78, 5) is 4.19. The summed E-state index contributed by atoms with van der Waals surface area (Å²) in [6, 6.07) is 5.06. The zero-order valence-electron chi connectivity index (χ0n) is 14.0. The molecule has 1 aliphatic rings. The van der Waals surface area contributed by atoms with Crippen molar-refractivity contribution in [3.8, 4) is 0 Å². The highest BCUT2D eigenvalue weighted by atomic mass is 32.1. The minimum absolute atomic E-state index is 0.479. The lowest BCUT2D eigenvalue weighted by Crippen LogP contribution is -2.45. The minimum Gasteiger partial charge on any atom is -0.319 e. The largest absolute Gasteiger partial charge is 0.319 e. The number of thiophene rings is 1. The van der Waals surface area contributed by atoms with Gasteiger partial charge in [0.1, 0.15) is 0 Å². The highest BCUT2D eigenvalue weighted by Crippen LogP contribution is 2.36. The van der Waals surface area contributed by atoms with Crippen molar-refractivity contribution in [2.24, 2.45) is 5.41 Å². The van der Waals surface area contributed by atoms with Crippen molar-refractivity contribution in [2.45, 2.75) is 65.0 Å². The predicted octanol–water partition coefficient (Wildman–Crippen LogP) is 4.52. The van der Waals surface area contributed by atoms with Gasteiger partial charge in [-0.25, -0.2) is 0 Å². The van der Waals surface area contributed by atoms with Gasteiger partial charge in [-0.2, -0.15) is 0 Å². The first-order chi connectivity index (χ1) is 10.2. The first kappa shape index (κ1) is 17.0. The molecular formula is C18H32N2S. The molecule has 0 spiro atoms. The van der Waals surface area contributed by atoms with Crippen LogP contribution < -0.4 is 5.32 Å². The van der Waals surface area contributed by atoms with Crippen LogP contribution in [-0.2, 0) is 6.54 Å². The van der Waals surface area contributed by atoms with E-state index >= 15 is 0 Å². The van der Waals surface area contributed by atoms with Crippen molar-refractivity contribution in [2.75, 3.05) is 20.1 Å². The van der Waals surface area contributed by atoms with Crippen LogP contribution in [0.4, 0.5) is 0 Å². The Hall–Kier alpha value is -0.380. The van der Waals surface area contributed by atoms with Gasteiger partial charge in [0.15, 0.2) is 0 Å². The normalized spacial score (nSPS) is 19.1. The van der Waals surface area contributed by atoms with Gasteiger partial charge in [-0.3, -0.25) is 4.90 Å². The molecule has 0 amide bonds. The van der Waals surface area contributed by atoms with E-state index in [4.69, 9.17) is 0 Å². The fourth-order valence-electron chi connectivity index (χ4n) is 3.70. The summed E-state index contributed by atoms with van der Waals surface area (Å²) in [5, 5.41) is 5.68. The molecule has 1 heterocycles. The first-order valence-electron chi connectivity index (χ1n) is 8.56. The average molecular weight is 309 g/mol. The second kappa shape index (κ2) is 8.30. The van der Waals surface area contributed by atoms with Crippen molar-refractivity contribution in [1.29, 1.82) is 0 Å². The first-order valence-corrected chi connectivity index (χ1v) is 9.44. The Balaban J connectivity index is 2.07. The lowest BCUT2D eigenvalue weighted by atomic mass is 9.79. The van der Waals surface area contributed by atoms with E-state index in [1.807, 2.05) is 11.3 Å². The van der Waals surface area contributed by atoms with Crippen molar-refractivity contribution in [1.82, 2.24) is 10.2 Å². The molecule has 1 aromatic heterocycles. The molecule has 0 saturated heterocycles. The van der Waals surface area contributed by atoms with Crippen molar-refractivity contribution in [3.63, 3.8) is 0 Å². The van der Waals surface area contributed by atoms with Crippen LogP contribution in [0, 0.1) is 5.41 Å². The van der Waals surface area contributed by atoms with Gasteiger partial charge in [-0.1, -0.05) is 31.7 Å². The van der Waals surface area contributed by atoms with Gasteiger partial charge in [-0.15, -0.1) is 11.3 Å². The molecule has 0 radical (unpaired) electrons. The Morgan fingerprint density at radius 3 is 2.48 bits per heavy atom. The van der Waals surface area contributed by atoms with E-state index in [-0.39, 0.29) is 0 Å². The van der Waals surface area contributed by atoms with Crippen molar-refractivity contribution in [3.05, 3.63) is 22.4 Å². The molecule has 0 bridgehead atoms. The molecule has 3 heteroatoms. The van der Waals surface area contributed by atoms with Crippen LogP contribution in [0.3, 0.4) is 0 Å². The van der Waals surface area contributed by atoms with E-state index in [1.165, 1.54) is 56.5 Å². The highest BCUT2D eigenvalue weighted by molar-refractivity contribution is 7.09. The Morgan fingerprint density at radius 2 is 1.95 bits per heavy atom. The molecule has 0 unspecified atom stereocenters. The van der Waals surface area contributed by atoms with Crippen LogP contribution in [0.2, 0.25) is 0 Å². The van der Waals surface area contributed by atoms with E-state index in [1.54, 1.807) is 0 Å². The molecule has 1 N–H and O–H groups in total. The van der Waals surface area contributed by atoms with Gasteiger partial charge in [0.2, 0.25) is 0 Å². The van der Waals surface area contributed by atoms with Crippen LogP contribution in [0.1, 0.15) is 57.2 Å². The molecule has 120 valence electrons. The maximum Gasteiger partial charge on any atom is 0.0330 e. The maximum absolute atomic E-state index is 3.49. The molecule has 0 aromatic carbocycles. The standard InChI is InChI=1S/C18H32N2S/c1-16(2)20(13-17-9-8-12-21-17)15-18(14-19-3)10-6-4-5-7-11-18/h8-9,12,16,19H,4-7,10-11,13-15H2,1-3H3. The Bertz CT molecular complexity index is 378. The molecule has 1 aliphatic carbocycles. The minimum atomic E-state index is 0.479. The summed E-state index contributed by atoms with van der Waals surface area (Å²) in [5.74, 6) is 0. The van der Waals surface area contributed by atoms with E-state index in [0.29, 0.717) is 11.5 Å². The molecule has 1 saturated carbocycles. The summed E-state index contributed by atoms with van der Waals surface area (Å²) in [7, 11) is 2.12. The molecule has 2 rings (SSSR count). The number of hydrogen-bond donors (Lipinski definition) is 1. The monoisotopic (exact) mass is 308 g/mol. The fourth-order valence-corrected chi connectivity index (χ4v) is 4.43. The smallest absolute Gasteiger partial charge is 0.0330 e. The Kier molecular flexibility index (Phi) is 6.72. The SMILES string of the molecule is CNCC1(CN(Cc2cccs2)C(C)C)CCCCCC1. The van der Waals surface area contributed by atoms with Crippen LogP contribution in [0.5, 0.6) is 0 Å².